The van der Waals surface area contributed by atoms with Crippen LogP contribution in [0.1, 0.15) is 12.5 Å². The molecule has 1 amide bonds. The summed E-state index contributed by atoms with van der Waals surface area (Å²) in [6, 6.07) is 12.9. The van der Waals surface area contributed by atoms with Crippen LogP contribution in [0.15, 0.2) is 53.4 Å². The number of anilines is 1. The smallest absolute Gasteiger partial charge is 0.257 e. The number of carbonyl (C=O) groups excluding carboxylic acids is 1. The summed E-state index contributed by atoms with van der Waals surface area (Å²) >= 11 is 10.9. The average molecular weight is 413 g/mol. The van der Waals surface area contributed by atoms with Crippen molar-refractivity contribution in [1.29, 1.82) is 0 Å². The van der Waals surface area contributed by atoms with Crippen LogP contribution in [0, 0.1) is 0 Å². The van der Waals surface area contributed by atoms with Crippen LogP contribution in [0.5, 0.6) is 0 Å². The third-order valence-corrected chi connectivity index (χ3v) is 4.91. The lowest BCUT2D eigenvalue weighted by Crippen LogP contribution is -2.46. The number of hydrogen-bond donors (Lipinski definition) is 4. The first kappa shape index (κ1) is 20.1. The van der Waals surface area contributed by atoms with E-state index in [9.17, 15) is 13.2 Å². The van der Waals surface area contributed by atoms with Crippen molar-refractivity contribution in [2.75, 3.05) is 5.32 Å². The molecule has 0 aliphatic rings. The van der Waals surface area contributed by atoms with E-state index in [1.165, 1.54) is 31.2 Å². The standard InChI is InChI=1S/C16H17ClN4O3S2/c1-11(22)19-14-6-8-15(9-7-14)26(23,24)21-20-16(25)18-10-12-2-4-13(17)5-3-12/h2-9,21H,10H2,1H3,(H,19,22)(H2,18,20,25). The molecule has 0 unspecified atom stereocenters. The SMILES string of the molecule is CC(=O)Nc1ccc(S(=O)(=O)NNC(=S)NCc2ccc(Cl)cc2)cc1. The molecule has 0 bridgehead atoms. The van der Waals surface area contributed by atoms with Crippen molar-refractivity contribution < 1.29 is 13.2 Å². The molecule has 10 heteroatoms. The van der Waals surface area contributed by atoms with Crippen molar-refractivity contribution in [1.82, 2.24) is 15.6 Å². The summed E-state index contributed by atoms with van der Waals surface area (Å²) < 4.78 is 24.4. The second-order valence-corrected chi connectivity index (χ2v) is 7.77. The molecule has 2 rings (SSSR count). The maximum absolute atomic E-state index is 12.2. The van der Waals surface area contributed by atoms with Crippen LogP contribution in [0.25, 0.3) is 0 Å². The van der Waals surface area contributed by atoms with Crippen molar-refractivity contribution in [3.8, 4) is 0 Å². The normalized spacial score (nSPS) is 10.8. The van der Waals surface area contributed by atoms with Crippen molar-refractivity contribution >= 4 is 50.5 Å². The number of carbonyl (C=O) groups is 1. The van der Waals surface area contributed by atoms with Crippen LogP contribution in [-0.4, -0.2) is 19.4 Å². The number of rotatable bonds is 6. The van der Waals surface area contributed by atoms with E-state index in [-0.39, 0.29) is 15.9 Å². The zero-order valence-electron chi connectivity index (χ0n) is 13.7. The van der Waals surface area contributed by atoms with E-state index in [0.29, 0.717) is 17.3 Å². The van der Waals surface area contributed by atoms with E-state index in [2.05, 4.69) is 20.9 Å². The largest absolute Gasteiger partial charge is 0.358 e. The summed E-state index contributed by atoms with van der Waals surface area (Å²) in [6.07, 6.45) is 0. The minimum Gasteiger partial charge on any atom is -0.358 e. The van der Waals surface area contributed by atoms with E-state index < -0.39 is 10.0 Å². The van der Waals surface area contributed by atoms with Crippen LogP contribution >= 0.6 is 23.8 Å². The highest BCUT2D eigenvalue weighted by molar-refractivity contribution is 7.89. The Hall–Kier alpha value is -2.20. The molecule has 2 aromatic rings. The summed E-state index contributed by atoms with van der Waals surface area (Å²) in [6.45, 7) is 1.78. The lowest BCUT2D eigenvalue weighted by molar-refractivity contribution is -0.114. The Bertz CT molecular complexity index is 885. The van der Waals surface area contributed by atoms with Gasteiger partial charge in [-0.2, -0.15) is 0 Å². The second-order valence-electron chi connectivity index (χ2n) is 5.25. The number of nitrogens with one attached hydrogen (secondary N) is 4. The van der Waals surface area contributed by atoms with Gasteiger partial charge in [-0.25, -0.2) is 8.42 Å². The summed E-state index contributed by atoms with van der Waals surface area (Å²) in [7, 11) is -3.81. The first-order valence-electron chi connectivity index (χ1n) is 7.44. The third-order valence-electron chi connectivity index (χ3n) is 3.15. The molecule has 0 fully saturated rings. The van der Waals surface area contributed by atoms with Gasteiger partial charge < -0.3 is 10.6 Å². The number of thiocarbonyl (C=S) groups is 1. The molecule has 4 N–H and O–H groups in total. The summed E-state index contributed by atoms with van der Waals surface area (Å²) in [5, 5.41) is 6.19. The Kier molecular flexibility index (Phi) is 6.92. The van der Waals surface area contributed by atoms with Crippen LogP contribution in [0.2, 0.25) is 5.02 Å². The Balaban J connectivity index is 1.87. The molecule has 0 aromatic heterocycles. The van der Waals surface area contributed by atoms with Crippen molar-refractivity contribution in [2.24, 2.45) is 0 Å². The van der Waals surface area contributed by atoms with E-state index >= 15 is 0 Å². The number of hydrazine groups is 1. The highest BCUT2D eigenvalue weighted by Gasteiger charge is 2.14. The molecule has 2 aromatic carbocycles. The topological polar surface area (TPSA) is 99.3 Å². The number of benzene rings is 2. The van der Waals surface area contributed by atoms with Gasteiger partial charge in [0.1, 0.15) is 0 Å². The highest BCUT2D eigenvalue weighted by Crippen LogP contribution is 2.13. The van der Waals surface area contributed by atoms with Crippen molar-refractivity contribution in [2.45, 2.75) is 18.4 Å². The monoisotopic (exact) mass is 412 g/mol. The van der Waals surface area contributed by atoms with Crippen LogP contribution in [0.4, 0.5) is 5.69 Å². The Morgan fingerprint density at radius 2 is 1.69 bits per heavy atom. The molecule has 0 saturated heterocycles. The fourth-order valence-corrected chi connectivity index (χ4v) is 3.08. The van der Waals surface area contributed by atoms with Crippen LogP contribution in [0.3, 0.4) is 0 Å². The van der Waals surface area contributed by atoms with Gasteiger partial charge in [-0.05, 0) is 54.2 Å². The molecule has 0 heterocycles. The predicted molar refractivity (Wildman–Crippen MR) is 105 cm³/mol. The second kappa shape index (κ2) is 8.95. The zero-order chi connectivity index (χ0) is 19.2. The van der Waals surface area contributed by atoms with Gasteiger partial charge in [-0.1, -0.05) is 23.7 Å². The van der Waals surface area contributed by atoms with Gasteiger partial charge in [0, 0.05) is 24.2 Å². The third kappa shape index (κ3) is 6.26. The number of sulfonamides is 1. The number of hydrogen-bond acceptors (Lipinski definition) is 4. The van der Waals surface area contributed by atoms with Gasteiger partial charge in [0.15, 0.2) is 5.11 Å². The summed E-state index contributed by atoms with van der Waals surface area (Å²) in [5.41, 5.74) is 3.88. The minimum absolute atomic E-state index is 0.0274. The van der Waals surface area contributed by atoms with Gasteiger partial charge in [0.2, 0.25) is 5.91 Å². The van der Waals surface area contributed by atoms with Crippen LogP contribution in [-0.2, 0) is 21.4 Å². The molecule has 0 saturated carbocycles. The molecule has 26 heavy (non-hydrogen) atoms. The van der Waals surface area contributed by atoms with Crippen LogP contribution < -0.4 is 20.9 Å². The maximum Gasteiger partial charge on any atom is 0.257 e. The fourth-order valence-electron chi connectivity index (χ4n) is 1.92. The van der Waals surface area contributed by atoms with Gasteiger partial charge in [0.05, 0.1) is 4.90 Å². The lowest BCUT2D eigenvalue weighted by Gasteiger charge is -2.12. The fraction of sp³-hybridized carbons (Fsp3) is 0.125. The highest BCUT2D eigenvalue weighted by atomic mass is 35.5. The zero-order valence-corrected chi connectivity index (χ0v) is 16.1. The van der Waals surface area contributed by atoms with Gasteiger partial charge >= 0.3 is 0 Å². The summed E-state index contributed by atoms with van der Waals surface area (Å²) in [5.74, 6) is -0.238. The molecule has 0 atom stereocenters. The van der Waals surface area contributed by atoms with E-state index in [4.69, 9.17) is 23.8 Å². The Labute approximate surface area is 162 Å². The van der Waals surface area contributed by atoms with Crippen molar-refractivity contribution in [3.05, 3.63) is 59.1 Å². The number of halogens is 1. The molecule has 138 valence electrons. The molecule has 0 radical (unpaired) electrons. The summed E-state index contributed by atoms with van der Waals surface area (Å²) in [4.78, 5) is 13.2. The Morgan fingerprint density at radius 3 is 2.27 bits per heavy atom. The molecular formula is C16H17ClN4O3S2. The first-order chi connectivity index (χ1) is 12.3. The average Bonchev–Trinajstić information content (AvgIpc) is 2.59. The molecule has 0 spiro atoms. The van der Waals surface area contributed by atoms with Gasteiger partial charge in [-0.3, -0.25) is 10.2 Å². The Morgan fingerprint density at radius 1 is 1.08 bits per heavy atom. The minimum atomic E-state index is -3.81. The molecular weight excluding hydrogens is 396 g/mol. The predicted octanol–water partition coefficient (Wildman–Crippen LogP) is 2.16. The van der Waals surface area contributed by atoms with E-state index in [0.717, 1.165) is 5.56 Å². The van der Waals surface area contributed by atoms with E-state index in [1.807, 2.05) is 12.1 Å². The lowest BCUT2D eigenvalue weighted by atomic mass is 10.2. The van der Waals surface area contributed by atoms with E-state index in [1.54, 1.807) is 12.1 Å². The number of amides is 1. The molecule has 0 aliphatic carbocycles. The van der Waals surface area contributed by atoms with Crippen molar-refractivity contribution in [3.63, 3.8) is 0 Å². The quantitative estimate of drug-likeness (QED) is 0.428. The maximum atomic E-state index is 12.2. The molecule has 0 aliphatic heterocycles. The van der Waals surface area contributed by atoms with Gasteiger partial charge in [0.25, 0.3) is 10.0 Å². The first-order valence-corrected chi connectivity index (χ1v) is 9.71. The molecule has 7 nitrogen and oxygen atoms in total. The van der Waals surface area contributed by atoms with Gasteiger partial charge in [-0.15, -0.1) is 4.83 Å².